The molecular weight excluding hydrogens is 376 g/mol. The summed E-state index contributed by atoms with van der Waals surface area (Å²) in [6, 6.07) is 7.71. The van der Waals surface area contributed by atoms with Crippen LogP contribution in [0.1, 0.15) is 46.6 Å². The van der Waals surface area contributed by atoms with Crippen molar-refractivity contribution in [3.05, 3.63) is 51.7 Å². The van der Waals surface area contributed by atoms with Crippen molar-refractivity contribution in [2.45, 2.75) is 38.6 Å². The Hall–Kier alpha value is -2.25. The Morgan fingerprint density at radius 2 is 1.96 bits per heavy atom. The molecule has 0 aliphatic rings. The first-order valence-corrected chi connectivity index (χ1v) is 10.8. The number of aryl methyl sites for hydroxylation is 2. The summed E-state index contributed by atoms with van der Waals surface area (Å²) in [5, 5.41) is 6.72. The van der Waals surface area contributed by atoms with E-state index < -0.39 is 0 Å². The van der Waals surface area contributed by atoms with Gasteiger partial charge in [0, 0.05) is 22.5 Å². The molecule has 0 spiro atoms. The Balaban J connectivity index is 1.90. The lowest BCUT2D eigenvalue weighted by atomic mass is 10.1. The quantitative estimate of drug-likeness (QED) is 0.466. The van der Waals surface area contributed by atoms with E-state index in [2.05, 4.69) is 20.3 Å². The van der Waals surface area contributed by atoms with Crippen molar-refractivity contribution in [3.8, 4) is 11.3 Å². The highest BCUT2D eigenvalue weighted by Crippen LogP contribution is 2.26. The number of nitrogens with one attached hydrogen (secondary N) is 1. The molecule has 0 bridgehead atoms. The molecule has 2 heterocycles. The zero-order valence-corrected chi connectivity index (χ0v) is 17.7. The van der Waals surface area contributed by atoms with Crippen molar-refractivity contribution in [1.29, 1.82) is 0 Å². The van der Waals surface area contributed by atoms with Gasteiger partial charge in [-0.25, -0.2) is 15.0 Å². The summed E-state index contributed by atoms with van der Waals surface area (Å²) in [5.74, 6) is 0.776. The number of nitrogens with zero attached hydrogens (tertiary/aromatic N) is 3. The number of hydrogen-bond donors (Lipinski definition) is 1. The lowest BCUT2D eigenvalue weighted by Crippen LogP contribution is -2.17. The zero-order chi connectivity index (χ0) is 19.6. The average molecular weight is 399 g/mol. The summed E-state index contributed by atoms with van der Waals surface area (Å²) in [4.78, 5) is 26.5. The number of rotatable bonds is 5. The van der Waals surface area contributed by atoms with Gasteiger partial charge >= 0.3 is 0 Å². The fraction of sp³-hybridized carbons (Fsp3) is 0.300. The third-order valence-electron chi connectivity index (χ3n) is 4.05. The second-order valence-electron chi connectivity index (χ2n) is 6.49. The second kappa shape index (κ2) is 8.19. The Labute approximate surface area is 167 Å². The van der Waals surface area contributed by atoms with Gasteiger partial charge < -0.3 is 5.32 Å². The molecule has 0 radical (unpaired) electrons. The van der Waals surface area contributed by atoms with Gasteiger partial charge in [-0.1, -0.05) is 26.0 Å². The Morgan fingerprint density at radius 3 is 2.59 bits per heavy atom. The molecular formula is C20H22N4OS2. The molecule has 0 atom stereocenters. The minimum absolute atomic E-state index is 0.196. The molecule has 0 unspecified atom stereocenters. The summed E-state index contributed by atoms with van der Waals surface area (Å²) in [7, 11) is 0. The summed E-state index contributed by atoms with van der Waals surface area (Å²) in [5.41, 5.74) is 3.84. The number of aromatic nitrogens is 3. The van der Waals surface area contributed by atoms with Crippen molar-refractivity contribution >= 4 is 34.7 Å². The molecule has 0 saturated carbocycles. The minimum atomic E-state index is -0.196. The molecule has 0 aliphatic heterocycles. The molecule has 0 fully saturated rings. The van der Waals surface area contributed by atoms with Gasteiger partial charge in [-0.2, -0.15) is 0 Å². The molecule has 140 valence electrons. The van der Waals surface area contributed by atoms with Gasteiger partial charge in [-0.3, -0.25) is 4.79 Å². The highest BCUT2D eigenvalue weighted by Gasteiger charge is 2.19. The molecule has 1 N–H and O–H groups in total. The first kappa shape index (κ1) is 19.5. The SMILES string of the molecule is CSc1nc(C(C)C)nc(C)c1C(=O)Nc1cccc(-c2csc(C)n2)c1. The fourth-order valence-corrected chi connectivity index (χ4v) is 3.93. The smallest absolute Gasteiger partial charge is 0.260 e. The average Bonchev–Trinajstić information content (AvgIpc) is 3.07. The van der Waals surface area contributed by atoms with Gasteiger partial charge in [0.15, 0.2) is 0 Å². The highest BCUT2D eigenvalue weighted by molar-refractivity contribution is 7.98. The van der Waals surface area contributed by atoms with Gasteiger partial charge in [-0.05, 0) is 32.2 Å². The number of carbonyl (C=O) groups excluding carboxylic acids is 1. The van der Waals surface area contributed by atoms with Crippen LogP contribution in [0.15, 0.2) is 34.7 Å². The van der Waals surface area contributed by atoms with Gasteiger partial charge in [0.1, 0.15) is 10.9 Å². The van der Waals surface area contributed by atoms with Crippen molar-refractivity contribution in [3.63, 3.8) is 0 Å². The summed E-state index contributed by atoms with van der Waals surface area (Å²) >= 11 is 3.07. The van der Waals surface area contributed by atoms with Crippen LogP contribution in [0.3, 0.4) is 0 Å². The Kier molecular flexibility index (Phi) is 5.92. The number of thioether (sulfide) groups is 1. The predicted molar refractivity (Wildman–Crippen MR) is 113 cm³/mol. The highest BCUT2D eigenvalue weighted by atomic mass is 32.2. The van der Waals surface area contributed by atoms with Crippen molar-refractivity contribution in [2.24, 2.45) is 0 Å². The lowest BCUT2D eigenvalue weighted by molar-refractivity contribution is 0.102. The minimum Gasteiger partial charge on any atom is -0.322 e. The third-order valence-corrected chi connectivity index (χ3v) is 5.50. The van der Waals surface area contributed by atoms with Crippen molar-refractivity contribution in [1.82, 2.24) is 15.0 Å². The van der Waals surface area contributed by atoms with E-state index in [-0.39, 0.29) is 11.8 Å². The number of anilines is 1. The Bertz CT molecular complexity index is 982. The third kappa shape index (κ3) is 4.36. The Morgan fingerprint density at radius 1 is 1.19 bits per heavy atom. The van der Waals surface area contributed by atoms with E-state index in [1.54, 1.807) is 11.3 Å². The number of amides is 1. The topological polar surface area (TPSA) is 67.8 Å². The first-order valence-electron chi connectivity index (χ1n) is 8.65. The largest absolute Gasteiger partial charge is 0.322 e. The van der Waals surface area contributed by atoms with Crippen LogP contribution in [0.25, 0.3) is 11.3 Å². The molecule has 3 aromatic rings. The van der Waals surface area contributed by atoms with Gasteiger partial charge in [0.25, 0.3) is 5.91 Å². The second-order valence-corrected chi connectivity index (χ2v) is 8.35. The summed E-state index contributed by atoms with van der Waals surface area (Å²) in [6.45, 7) is 7.93. The van der Waals surface area contributed by atoms with E-state index in [1.165, 1.54) is 11.8 Å². The molecule has 0 aliphatic carbocycles. The number of hydrogen-bond acceptors (Lipinski definition) is 6. The van der Waals surface area contributed by atoms with Crippen LogP contribution in [0.4, 0.5) is 5.69 Å². The standard InChI is InChI=1S/C20H22N4OS2/c1-11(2)18-21-12(3)17(20(24-18)26-5)19(25)23-15-8-6-7-14(9-15)16-10-27-13(4)22-16/h6-11H,1-5H3,(H,23,25). The molecule has 5 nitrogen and oxygen atoms in total. The van der Waals surface area contributed by atoms with E-state index in [4.69, 9.17) is 0 Å². The number of benzene rings is 1. The van der Waals surface area contributed by atoms with Crippen LogP contribution in [-0.4, -0.2) is 27.1 Å². The molecule has 7 heteroatoms. The van der Waals surface area contributed by atoms with Crippen LogP contribution in [0, 0.1) is 13.8 Å². The molecule has 1 amide bonds. The number of carbonyl (C=O) groups is 1. The van der Waals surface area contributed by atoms with Crippen LogP contribution >= 0.6 is 23.1 Å². The number of thiazole rings is 1. The maximum absolute atomic E-state index is 12.9. The van der Waals surface area contributed by atoms with Crippen molar-refractivity contribution < 1.29 is 4.79 Å². The normalized spacial score (nSPS) is 11.0. The fourth-order valence-electron chi connectivity index (χ4n) is 2.68. The van der Waals surface area contributed by atoms with Gasteiger partial charge in [0.05, 0.1) is 22.0 Å². The monoisotopic (exact) mass is 398 g/mol. The molecule has 2 aromatic heterocycles. The van der Waals surface area contributed by atoms with E-state index in [9.17, 15) is 4.79 Å². The lowest BCUT2D eigenvalue weighted by Gasteiger charge is -2.14. The van der Waals surface area contributed by atoms with Crippen LogP contribution < -0.4 is 5.32 Å². The first-order chi connectivity index (χ1) is 12.9. The molecule has 0 saturated heterocycles. The summed E-state index contributed by atoms with van der Waals surface area (Å²) in [6.07, 6.45) is 1.92. The summed E-state index contributed by atoms with van der Waals surface area (Å²) < 4.78 is 0. The molecule has 1 aromatic carbocycles. The van der Waals surface area contributed by atoms with Crippen LogP contribution in [-0.2, 0) is 0 Å². The maximum Gasteiger partial charge on any atom is 0.260 e. The predicted octanol–water partition coefficient (Wildman–Crippen LogP) is 5.31. The van der Waals surface area contributed by atoms with Gasteiger partial charge in [-0.15, -0.1) is 23.1 Å². The molecule has 3 rings (SSSR count). The van der Waals surface area contributed by atoms with Crippen LogP contribution in [0.5, 0.6) is 0 Å². The van der Waals surface area contributed by atoms with Crippen LogP contribution in [0.2, 0.25) is 0 Å². The van der Waals surface area contributed by atoms with Crippen molar-refractivity contribution in [2.75, 3.05) is 11.6 Å². The van der Waals surface area contributed by atoms with Gasteiger partial charge in [0.2, 0.25) is 0 Å². The van der Waals surface area contributed by atoms with E-state index in [1.807, 2.05) is 63.6 Å². The van der Waals surface area contributed by atoms with E-state index in [0.717, 1.165) is 27.8 Å². The van der Waals surface area contributed by atoms with E-state index >= 15 is 0 Å². The van der Waals surface area contributed by atoms with E-state index in [0.29, 0.717) is 16.3 Å². The maximum atomic E-state index is 12.9. The zero-order valence-electron chi connectivity index (χ0n) is 16.0. The molecule has 27 heavy (non-hydrogen) atoms.